The largest absolute Gasteiger partial charge is 0.451 e. The Balaban J connectivity index is 1.48. The minimum Gasteiger partial charge on any atom is -0.451 e. The summed E-state index contributed by atoms with van der Waals surface area (Å²) in [7, 11) is 0. The summed E-state index contributed by atoms with van der Waals surface area (Å²) in [6, 6.07) is 12.0. The molecule has 33 heavy (non-hydrogen) atoms. The fourth-order valence-electron chi connectivity index (χ4n) is 4.08. The molecule has 4 rings (SSSR count). The molecule has 2 aromatic carbocycles. The molecule has 1 aromatic heterocycles. The maximum atomic E-state index is 13.4. The Morgan fingerprint density at radius 1 is 1.06 bits per heavy atom. The molecule has 0 aliphatic heterocycles. The molecule has 172 valence electrons. The van der Waals surface area contributed by atoms with Crippen LogP contribution in [-0.2, 0) is 28.9 Å². The van der Waals surface area contributed by atoms with E-state index in [1.165, 1.54) is 29.2 Å². The predicted molar refractivity (Wildman–Crippen MR) is 118 cm³/mol. The summed E-state index contributed by atoms with van der Waals surface area (Å²) in [6.45, 7) is 1.99. The molecule has 0 radical (unpaired) electrons. The van der Waals surface area contributed by atoms with Gasteiger partial charge in [0, 0.05) is 24.3 Å². The Kier molecular flexibility index (Phi) is 6.82. The Morgan fingerprint density at radius 2 is 1.82 bits per heavy atom. The highest BCUT2D eigenvalue weighted by molar-refractivity contribution is 5.91. The van der Waals surface area contributed by atoms with Crippen molar-refractivity contribution in [3.05, 3.63) is 82.7 Å². The van der Waals surface area contributed by atoms with Crippen molar-refractivity contribution in [2.75, 3.05) is 13.2 Å². The van der Waals surface area contributed by atoms with Gasteiger partial charge in [-0.2, -0.15) is 5.10 Å². The van der Waals surface area contributed by atoms with Gasteiger partial charge in [-0.15, -0.1) is 0 Å². The van der Waals surface area contributed by atoms with Crippen molar-refractivity contribution in [2.24, 2.45) is 0 Å². The molecular formula is C25H25F2N3O3. The Labute approximate surface area is 190 Å². The average Bonchev–Trinajstić information content (AvgIpc) is 3.21. The molecule has 1 aliphatic rings. The molecule has 0 unspecified atom stereocenters. The fourth-order valence-corrected chi connectivity index (χ4v) is 4.08. The zero-order valence-electron chi connectivity index (χ0n) is 18.4. The molecular weight excluding hydrogens is 428 g/mol. The van der Waals surface area contributed by atoms with Gasteiger partial charge in [0.15, 0.2) is 12.3 Å². The third kappa shape index (κ3) is 5.10. The van der Waals surface area contributed by atoms with Crippen LogP contribution in [0.5, 0.6) is 0 Å². The smallest absolute Gasteiger partial charge is 0.359 e. The van der Waals surface area contributed by atoms with Gasteiger partial charge in [-0.3, -0.25) is 4.79 Å². The Morgan fingerprint density at radius 3 is 2.55 bits per heavy atom. The number of amides is 1. The van der Waals surface area contributed by atoms with Crippen molar-refractivity contribution < 1.29 is 23.1 Å². The normalized spacial score (nSPS) is 12.8. The van der Waals surface area contributed by atoms with Crippen LogP contribution in [0.2, 0.25) is 0 Å². The van der Waals surface area contributed by atoms with Crippen molar-refractivity contribution in [1.29, 1.82) is 0 Å². The summed E-state index contributed by atoms with van der Waals surface area (Å²) in [5, 5.41) is 4.47. The molecule has 8 heteroatoms. The van der Waals surface area contributed by atoms with Crippen molar-refractivity contribution in [1.82, 2.24) is 14.7 Å². The molecule has 3 aromatic rings. The number of nitrogens with zero attached hydrogens (tertiary/aromatic N) is 3. The first-order valence-electron chi connectivity index (χ1n) is 11.0. The van der Waals surface area contributed by atoms with Crippen LogP contribution in [0.25, 0.3) is 5.69 Å². The van der Waals surface area contributed by atoms with Crippen LogP contribution in [0, 0.1) is 11.6 Å². The van der Waals surface area contributed by atoms with Crippen LogP contribution in [0.1, 0.15) is 47.1 Å². The van der Waals surface area contributed by atoms with Gasteiger partial charge in [-0.1, -0.05) is 12.1 Å². The van der Waals surface area contributed by atoms with Crippen LogP contribution in [-0.4, -0.2) is 39.7 Å². The number of hydrogen-bond acceptors (Lipinski definition) is 4. The summed E-state index contributed by atoms with van der Waals surface area (Å²) in [6.07, 6.45) is 3.34. The van der Waals surface area contributed by atoms with Crippen molar-refractivity contribution in [3.63, 3.8) is 0 Å². The monoisotopic (exact) mass is 453 g/mol. The number of fused-ring (bicyclic) bond motifs is 1. The van der Waals surface area contributed by atoms with Crippen molar-refractivity contribution >= 4 is 11.9 Å². The number of ether oxygens (including phenoxy) is 1. The number of benzene rings is 2. The van der Waals surface area contributed by atoms with Crippen molar-refractivity contribution in [2.45, 2.75) is 39.2 Å². The van der Waals surface area contributed by atoms with E-state index in [-0.39, 0.29) is 29.8 Å². The highest BCUT2D eigenvalue weighted by atomic mass is 19.1. The maximum Gasteiger partial charge on any atom is 0.359 e. The number of likely N-dealkylation sites (N-methyl/N-ethyl adjacent to an activating group) is 1. The second-order valence-corrected chi connectivity index (χ2v) is 7.98. The van der Waals surface area contributed by atoms with Crippen LogP contribution < -0.4 is 0 Å². The molecule has 0 atom stereocenters. The first-order chi connectivity index (χ1) is 16.0. The number of rotatable bonds is 7. The highest BCUT2D eigenvalue weighted by Crippen LogP contribution is 2.27. The van der Waals surface area contributed by atoms with Crippen LogP contribution >= 0.6 is 0 Å². The zero-order valence-corrected chi connectivity index (χ0v) is 18.4. The van der Waals surface area contributed by atoms with Crippen LogP contribution in [0.3, 0.4) is 0 Å². The number of halogens is 2. The number of carbonyl (C=O) groups is 2. The molecule has 6 nitrogen and oxygen atoms in total. The molecule has 0 bridgehead atoms. The third-order valence-electron chi connectivity index (χ3n) is 5.77. The summed E-state index contributed by atoms with van der Waals surface area (Å²) in [4.78, 5) is 27.0. The number of aromatic nitrogens is 2. The van der Waals surface area contributed by atoms with E-state index in [4.69, 9.17) is 4.74 Å². The van der Waals surface area contributed by atoms with Crippen LogP contribution in [0.15, 0.2) is 48.5 Å². The van der Waals surface area contributed by atoms with Crippen LogP contribution in [0.4, 0.5) is 8.78 Å². The minimum atomic E-state index is -0.663. The predicted octanol–water partition coefficient (Wildman–Crippen LogP) is 4.23. The quantitative estimate of drug-likeness (QED) is 0.502. The lowest BCUT2D eigenvalue weighted by Gasteiger charge is -2.21. The van der Waals surface area contributed by atoms with Gasteiger partial charge in [0.25, 0.3) is 5.91 Å². The van der Waals surface area contributed by atoms with Gasteiger partial charge in [0.05, 0.1) is 5.69 Å². The standard InChI is InChI=1S/C25H25F2N3O3/c1-2-29(15-17-6-5-7-19(27)14-17)23(31)16-33-25(32)24-21-8-3-4-9-22(21)30(28-24)20-12-10-18(26)11-13-20/h5-7,10-14H,2-4,8-9,15-16H2,1H3. The van der Waals surface area contributed by atoms with E-state index in [1.54, 1.807) is 35.9 Å². The van der Waals surface area contributed by atoms with Gasteiger partial charge in [-0.25, -0.2) is 18.3 Å². The second kappa shape index (κ2) is 9.94. The van der Waals surface area contributed by atoms with E-state index >= 15 is 0 Å². The lowest BCUT2D eigenvalue weighted by Crippen LogP contribution is -2.34. The molecule has 0 spiro atoms. The average molecular weight is 453 g/mol. The van der Waals surface area contributed by atoms with Gasteiger partial charge < -0.3 is 9.64 Å². The van der Waals surface area contributed by atoms with Gasteiger partial charge >= 0.3 is 5.97 Å². The van der Waals surface area contributed by atoms with E-state index in [2.05, 4.69) is 5.10 Å². The molecule has 1 heterocycles. The third-order valence-corrected chi connectivity index (χ3v) is 5.77. The minimum absolute atomic E-state index is 0.190. The summed E-state index contributed by atoms with van der Waals surface area (Å²) in [5.41, 5.74) is 3.23. The summed E-state index contributed by atoms with van der Waals surface area (Å²) >= 11 is 0. The molecule has 1 aliphatic carbocycles. The Bertz CT molecular complexity index is 1160. The molecule has 0 saturated heterocycles. The van der Waals surface area contributed by atoms with E-state index < -0.39 is 12.6 Å². The first-order valence-corrected chi connectivity index (χ1v) is 11.0. The van der Waals surface area contributed by atoms with E-state index in [1.807, 2.05) is 0 Å². The second-order valence-electron chi connectivity index (χ2n) is 7.98. The van der Waals surface area contributed by atoms with Gasteiger partial charge in [0.2, 0.25) is 0 Å². The SMILES string of the molecule is CCN(Cc1cccc(F)c1)C(=O)COC(=O)c1nn(-c2ccc(F)cc2)c2c1CCCC2. The Hall–Kier alpha value is -3.55. The summed E-state index contributed by atoms with van der Waals surface area (Å²) in [5.74, 6) is -1.76. The molecule has 0 N–H and O–H groups in total. The lowest BCUT2D eigenvalue weighted by molar-refractivity contribution is -0.135. The number of carbonyl (C=O) groups excluding carboxylic acids is 2. The number of esters is 1. The van der Waals surface area contributed by atoms with Crippen molar-refractivity contribution in [3.8, 4) is 5.69 Å². The van der Waals surface area contributed by atoms with Gasteiger partial charge in [0.1, 0.15) is 11.6 Å². The topological polar surface area (TPSA) is 64.4 Å². The number of hydrogen-bond donors (Lipinski definition) is 0. The lowest BCUT2D eigenvalue weighted by atomic mass is 9.95. The van der Waals surface area contributed by atoms with E-state index in [0.717, 1.165) is 30.5 Å². The fraction of sp³-hybridized carbons (Fsp3) is 0.320. The summed E-state index contributed by atoms with van der Waals surface area (Å²) < 4.78 is 33.8. The highest BCUT2D eigenvalue weighted by Gasteiger charge is 2.27. The molecule has 1 amide bonds. The van der Waals surface area contributed by atoms with E-state index in [9.17, 15) is 18.4 Å². The van der Waals surface area contributed by atoms with E-state index in [0.29, 0.717) is 24.2 Å². The molecule has 0 saturated carbocycles. The zero-order chi connectivity index (χ0) is 23.4. The molecule has 0 fully saturated rings. The first kappa shape index (κ1) is 22.6. The maximum absolute atomic E-state index is 13.4. The van der Waals surface area contributed by atoms with Gasteiger partial charge in [-0.05, 0) is 74.6 Å².